The Labute approximate surface area is 117 Å². The van der Waals surface area contributed by atoms with Crippen molar-refractivity contribution in [2.45, 2.75) is 19.5 Å². The molecule has 0 aromatic heterocycles. The van der Waals surface area contributed by atoms with Gasteiger partial charge in [0.2, 0.25) is 0 Å². The lowest BCUT2D eigenvalue weighted by Crippen LogP contribution is -2.29. The van der Waals surface area contributed by atoms with Crippen molar-refractivity contribution in [1.82, 2.24) is 5.32 Å². The first-order valence-electron chi connectivity index (χ1n) is 5.26. The predicted molar refractivity (Wildman–Crippen MR) is 73.7 cm³/mol. The summed E-state index contributed by atoms with van der Waals surface area (Å²) in [4.78, 5) is 0. The summed E-state index contributed by atoms with van der Waals surface area (Å²) in [5.74, 6) is 0. The third-order valence-corrected chi connectivity index (χ3v) is 3.00. The quantitative estimate of drug-likeness (QED) is 0.807. The summed E-state index contributed by atoms with van der Waals surface area (Å²) >= 11 is 7.83. The minimum absolute atomic E-state index is 0.00739. The summed E-state index contributed by atoms with van der Waals surface area (Å²) in [7, 11) is 0. The third kappa shape index (κ3) is 4.45. The van der Waals surface area contributed by atoms with Crippen LogP contribution in [0.1, 0.15) is 18.9 Å². The van der Waals surface area contributed by atoms with Gasteiger partial charge in [0.25, 0.3) is 0 Å². The van der Waals surface area contributed by atoms with Crippen LogP contribution in [0, 0.1) is 0 Å². The highest BCUT2D eigenvalue weighted by Crippen LogP contribution is 2.36. The molecule has 100 valence electrons. The fourth-order valence-electron chi connectivity index (χ4n) is 1.23. The van der Waals surface area contributed by atoms with Crippen LogP contribution in [0.5, 0.6) is 0 Å². The zero-order valence-corrected chi connectivity index (χ0v) is 12.0. The molecule has 0 spiro atoms. The van der Waals surface area contributed by atoms with E-state index in [9.17, 15) is 13.2 Å². The van der Waals surface area contributed by atoms with Crippen molar-refractivity contribution in [2.24, 2.45) is 0 Å². The minimum atomic E-state index is -4.39. The zero-order chi connectivity index (χ0) is 13.8. The topological polar surface area (TPSA) is 24.1 Å². The first-order valence-corrected chi connectivity index (χ1v) is 6.46. The second-order valence-electron chi connectivity index (χ2n) is 3.57. The number of halogens is 4. The number of rotatable bonds is 3. The van der Waals surface area contributed by atoms with E-state index in [4.69, 9.17) is 12.2 Å². The van der Waals surface area contributed by atoms with Gasteiger partial charge in [0, 0.05) is 16.7 Å². The van der Waals surface area contributed by atoms with E-state index in [0.29, 0.717) is 17.3 Å². The van der Waals surface area contributed by atoms with Crippen LogP contribution in [0.4, 0.5) is 18.9 Å². The molecule has 0 saturated carbocycles. The van der Waals surface area contributed by atoms with Crippen molar-refractivity contribution in [3.8, 4) is 0 Å². The standard InChI is InChI=1S/C11H12BrF3N2S/c1-2-5-16-10(18)17-7-3-4-9(12)8(6-7)11(13,14)15/h3-4,6H,2,5H2,1H3,(H2,16,17,18). The molecule has 0 radical (unpaired) electrons. The lowest BCUT2D eigenvalue weighted by molar-refractivity contribution is -0.138. The fraction of sp³-hybridized carbons (Fsp3) is 0.364. The van der Waals surface area contributed by atoms with Crippen molar-refractivity contribution >= 4 is 38.9 Å². The first kappa shape index (κ1) is 15.2. The monoisotopic (exact) mass is 340 g/mol. The predicted octanol–water partition coefficient (Wildman–Crippen LogP) is 4.16. The molecule has 18 heavy (non-hydrogen) atoms. The number of benzene rings is 1. The van der Waals surface area contributed by atoms with Crippen LogP contribution in [-0.2, 0) is 6.18 Å². The molecule has 7 heteroatoms. The maximum absolute atomic E-state index is 12.7. The van der Waals surface area contributed by atoms with E-state index in [1.807, 2.05) is 6.92 Å². The van der Waals surface area contributed by atoms with E-state index < -0.39 is 11.7 Å². The molecule has 0 amide bonds. The van der Waals surface area contributed by atoms with Crippen LogP contribution < -0.4 is 10.6 Å². The molecule has 1 aromatic carbocycles. The molecule has 0 aliphatic heterocycles. The molecule has 0 bridgehead atoms. The SMILES string of the molecule is CCCNC(=S)Nc1ccc(Br)c(C(F)(F)F)c1. The second kappa shape index (κ2) is 6.38. The normalized spacial score (nSPS) is 11.2. The Kier molecular flexibility index (Phi) is 5.40. The van der Waals surface area contributed by atoms with Crippen molar-refractivity contribution in [3.05, 3.63) is 28.2 Å². The Morgan fingerprint density at radius 2 is 2.06 bits per heavy atom. The Balaban J connectivity index is 2.83. The number of hydrogen-bond donors (Lipinski definition) is 2. The van der Waals surface area contributed by atoms with Gasteiger partial charge in [-0.1, -0.05) is 22.9 Å². The van der Waals surface area contributed by atoms with Crippen LogP contribution in [0.3, 0.4) is 0 Å². The van der Waals surface area contributed by atoms with Crippen LogP contribution in [-0.4, -0.2) is 11.7 Å². The average Bonchev–Trinajstić information content (AvgIpc) is 2.27. The lowest BCUT2D eigenvalue weighted by atomic mass is 10.2. The molecule has 2 N–H and O–H groups in total. The highest BCUT2D eigenvalue weighted by Gasteiger charge is 2.33. The van der Waals surface area contributed by atoms with Gasteiger partial charge in [0.05, 0.1) is 5.56 Å². The van der Waals surface area contributed by atoms with Crippen LogP contribution in [0.25, 0.3) is 0 Å². The van der Waals surface area contributed by atoms with E-state index in [1.165, 1.54) is 12.1 Å². The van der Waals surface area contributed by atoms with Gasteiger partial charge in [-0.15, -0.1) is 0 Å². The van der Waals surface area contributed by atoms with Gasteiger partial charge < -0.3 is 10.6 Å². The molecule has 0 fully saturated rings. The van der Waals surface area contributed by atoms with Gasteiger partial charge in [-0.2, -0.15) is 13.2 Å². The highest BCUT2D eigenvalue weighted by molar-refractivity contribution is 9.10. The molecule has 1 aromatic rings. The number of hydrogen-bond acceptors (Lipinski definition) is 1. The summed E-state index contributed by atoms with van der Waals surface area (Å²) in [6.07, 6.45) is -3.51. The summed E-state index contributed by atoms with van der Waals surface area (Å²) in [5, 5.41) is 5.91. The number of anilines is 1. The Hall–Kier alpha value is -0.820. The molecule has 2 nitrogen and oxygen atoms in total. The summed E-state index contributed by atoms with van der Waals surface area (Å²) in [6, 6.07) is 3.89. The number of thiocarbonyl (C=S) groups is 1. The van der Waals surface area contributed by atoms with Crippen molar-refractivity contribution in [2.75, 3.05) is 11.9 Å². The van der Waals surface area contributed by atoms with Gasteiger partial charge in [-0.05, 0) is 36.8 Å². The van der Waals surface area contributed by atoms with Gasteiger partial charge in [0.15, 0.2) is 5.11 Å². The Bertz CT molecular complexity index is 435. The molecule has 0 aliphatic rings. The first-order chi connectivity index (χ1) is 8.34. The average molecular weight is 341 g/mol. The zero-order valence-electron chi connectivity index (χ0n) is 9.57. The molecule has 0 atom stereocenters. The Morgan fingerprint density at radius 1 is 1.39 bits per heavy atom. The molecule has 0 aliphatic carbocycles. The molecule has 0 heterocycles. The molecular weight excluding hydrogens is 329 g/mol. The van der Waals surface area contributed by atoms with Gasteiger partial charge in [-0.25, -0.2) is 0 Å². The second-order valence-corrected chi connectivity index (χ2v) is 4.84. The molecule has 0 unspecified atom stereocenters. The van der Waals surface area contributed by atoms with Gasteiger partial charge in [0.1, 0.15) is 0 Å². The smallest absolute Gasteiger partial charge is 0.362 e. The van der Waals surface area contributed by atoms with Gasteiger partial charge >= 0.3 is 6.18 Å². The summed E-state index contributed by atoms with van der Waals surface area (Å²) in [5.41, 5.74) is -0.426. The lowest BCUT2D eigenvalue weighted by Gasteiger charge is -2.13. The van der Waals surface area contributed by atoms with Crippen LogP contribution >= 0.6 is 28.1 Å². The van der Waals surface area contributed by atoms with E-state index in [0.717, 1.165) is 12.5 Å². The number of nitrogens with one attached hydrogen (secondary N) is 2. The Morgan fingerprint density at radius 3 is 2.61 bits per heavy atom. The third-order valence-electron chi connectivity index (χ3n) is 2.07. The minimum Gasteiger partial charge on any atom is -0.362 e. The van der Waals surface area contributed by atoms with E-state index in [2.05, 4.69) is 26.6 Å². The fourth-order valence-corrected chi connectivity index (χ4v) is 1.93. The van der Waals surface area contributed by atoms with Crippen molar-refractivity contribution in [1.29, 1.82) is 0 Å². The maximum Gasteiger partial charge on any atom is 0.417 e. The largest absolute Gasteiger partial charge is 0.417 e. The van der Waals surface area contributed by atoms with Crippen molar-refractivity contribution in [3.63, 3.8) is 0 Å². The molecule has 0 saturated heterocycles. The van der Waals surface area contributed by atoms with Crippen molar-refractivity contribution < 1.29 is 13.2 Å². The van der Waals surface area contributed by atoms with E-state index >= 15 is 0 Å². The van der Waals surface area contributed by atoms with Crippen LogP contribution in [0.15, 0.2) is 22.7 Å². The molecular formula is C11H12BrF3N2S. The van der Waals surface area contributed by atoms with E-state index in [1.54, 1.807) is 0 Å². The molecule has 1 rings (SSSR count). The number of alkyl halides is 3. The summed E-state index contributed by atoms with van der Waals surface area (Å²) in [6.45, 7) is 2.64. The van der Waals surface area contributed by atoms with E-state index in [-0.39, 0.29) is 4.47 Å². The van der Waals surface area contributed by atoms with Gasteiger partial charge in [-0.3, -0.25) is 0 Å². The van der Waals surface area contributed by atoms with Crippen LogP contribution in [0.2, 0.25) is 0 Å². The maximum atomic E-state index is 12.7. The highest BCUT2D eigenvalue weighted by atomic mass is 79.9. The summed E-state index contributed by atoms with van der Waals surface area (Å²) < 4.78 is 38.0.